The van der Waals surface area contributed by atoms with Crippen molar-refractivity contribution in [2.24, 2.45) is 0 Å². The Bertz CT molecular complexity index is 189. The molecule has 0 radical (unpaired) electrons. The molecule has 0 aliphatic carbocycles. The minimum Gasteiger partial charge on any atom is -0.480 e. The zero-order chi connectivity index (χ0) is 11.4. The first-order valence-electron chi connectivity index (χ1n) is 5.34. The first-order chi connectivity index (χ1) is 6.34. The minimum atomic E-state index is -1.50. The molecule has 14 heavy (non-hydrogen) atoms. The summed E-state index contributed by atoms with van der Waals surface area (Å²) in [6.07, 6.45) is 1.69. The molecule has 1 N–H and O–H groups in total. The van der Waals surface area contributed by atoms with Gasteiger partial charge in [-0.2, -0.15) is 0 Å². The predicted octanol–water partition coefficient (Wildman–Crippen LogP) is 2.40. The number of likely N-dealkylation sites (N-methyl/N-ethyl adjacent to an activating group) is 1. The topological polar surface area (TPSA) is 40.5 Å². The fourth-order valence-corrected chi connectivity index (χ4v) is 3.97. The van der Waals surface area contributed by atoms with Gasteiger partial charge >= 0.3 is 5.97 Å². The Morgan fingerprint density at radius 3 is 2.07 bits per heavy atom. The molecule has 4 heteroatoms. The maximum Gasteiger partial charge on any atom is 0.320 e. The lowest BCUT2D eigenvalue weighted by Crippen LogP contribution is -2.54. The molecular weight excluding hydrogens is 194 g/mol. The van der Waals surface area contributed by atoms with Crippen LogP contribution < -0.4 is 0 Å². The van der Waals surface area contributed by atoms with Crippen LogP contribution in [0.4, 0.5) is 0 Å². The van der Waals surface area contributed by atoms with Gasteiger partial charge in [0.05, 0.1) is 0 Å². The second-order valence-electron chi connectivity index (χ2n) is 4.60. The monoisotopic (exact) mass is 217 g/mol. The molecule has 0 aliphatic heterocycles. The summed E-state index contributed by atoms with van der Waals surface area (Å²) >= 11 is 0. The van der Waals surface area contributed by atoms with E-state index in [0.29, 0.717) is 0 Å². The zero-order valence-electron chi connectivity index (χ0n) is 10.0. The van der Waals surface area contributed by atoms with Gasteiger partial charge in [0.15, 0.2) is 0 Å². The van der Waals surface area contributed by atoms with E-state index in [1.54, 1.807) is 0 Å². The van der Waals surface area contributed by atoms with Crippen LogP contribution in [-0.4, -0.2) is 36.5 Å². The van der Waals surface area contributed by atoms with Crippen molar-refractivity contribution >= 4 is 14.2 Å². The summed E-state index contributed by atoms with van der Waals surface area (Å²) in [5.41, 5.74) is 0. The lowest BCUT2D eigenvalue weighted by atomic mass is 10.2. The number of aliphatic carboxylic acids is 1. The van der Waals surface area contributed by atoms with E-state index in [9.17, 15) is 4.79 Å². The van der Waals surface area contributed by atoms with Crippen molar-refractivity contribution in [3.05, 3.63) is 0 Å². The second-order valence-corrected chi connectivity index (χ2v) is 9.52. The molecule has 0 saturated heterocycles. The lowest BCUT2D eigenvalue weighted by molar-refractivity contribution is -0.141. The van der Waals surface area contributed by atoms with Crippen LogP contribution in [0.25, 0.3) is 0 Å². The molecule has 0 rings (SSSR count). The molecule has 84 valence electrons. The van der Waals surface area contributed by atoms with Crippen LogP contribution in [0.15, 0.2) is 0 Å². The van der Waals surface area contributed by atoms with Gasteiger partial charge in [0.2, 0.25) is 0 Å². The van der Waals surface area contributed by atoms with Crippen molar-refractivity contribution < 1.29 is 9.90 Å². The Hall–Kier alpha value is -0.353. The molecule has 0 aromatic rings. The highest BCUT2D eigenvalue weighted by molar-refractivity contribution is 6.73. The van der Waals surface area contributed by atoms with Gasteiger partial charge in [-0.05, 0) is 13.0 Å². The van der Waals surface area contributed by atoms with Crippen LogP contribution in [0.3, 0.4) is 0 Å². The average Bonchev–Trinajstić information content (AvgIpc) is 2.01. The summed E-state index contributed by atoms with van der Waals surface area (Å²) in [6.45, 7) is 11.5. The van der Waals surface area contributed by atoms with Crippen LogP contribution in [0.1, 0.15) is 26.7 Å². The highest BCUT2D eigenvalue weighted by atomic mass is 28.3. The zero-order valence-corrected chi connectivity index (χ0v) is 11.0. The van der Waals surface area contributed by atoms with Gasteiger partial charge in [0, 0.05) is 0 Å². The van der Waals surface area contributed by atoms with Crippen molar-refractivity contribution in [3.8, 4) is 0 Å². The Morgan fingerprint density at radius 2 is 1.86 bits per heavy atom. The van der Waals surface area contributed by atoms with Crippen LogP contribution in [0.5, 0.6) is 0 Å². The SMILES string of the molecule is CCCC(C(=O)O)N(CC)[Si](C)(C)C. The maximum atomic E-state index is 11.1. The Labute approximate surface area is 88.2 Å². The average molecular weight is 217 g/mol. The van der Waals surface area contributed by atoms with Crippen LogP contribution in [0, 0.1) is 0 Å². The minimum absolute atomic E-state index is 0.281. The smallest absolute Gasteiger partial charge is 0.320 e. The molecule has 0 saturated carbocycles. The Balaban J connectivity index is 4.67. The van der Waals surface area contributed by atoms with E-state index in [1.807, 2.05) is 13.8 Å². The summed E-state index contributed by atoms with van der Waals surface area (Å²) in [5.74, 6) is -0.670. The number of nitrogens with zero attached hydrogens (tertiary/aromatic N) is 1. The van der Waals surface area contributed by atoms with Crippen molar-refractivity contribution in [3.63, 3.8) is 0 Å². The summed E-state index contributed by atoms with van der Waals surface area (Å²) in [5, 5.41) is 9.15. The Morgan fingerprint density at radius 1 is 1.36 bits per heavy atom. The van der Waals surface area contributed by atoms with Crippen LogP contribution in [-0.2, 0) is 4.79 Å². The molecule has 1 unspecified atom stereocenters. The van der Waals surface area contributed by atoms with E-state index in [4.69, 9.17) is 5.11 Å². The molecule has 1 atom stereocenters. The van der Waals surface area contributed by atoms with E-state index in [2.05, 4.69) is 24.2 Å². The predicted molar refractivity (Wildman–Crippen MR) is 62.1 cm³/mol. The largest absolute Gasteiger partial charge is 0.480 e. The molecule has 0 amide bonds. The molecule has 0 aromatic heterocycles. The molecule has 0 aromatic carbocycles. The third-order valence-corrected chi connectivity index (χ3v) is 4.78. The van der Waals surface area contributed by atoms with Gasteiger partial charge in [-0.25, -0.2) is 0 Å². The summed E-state index contributed by atoms with van der Waals surface area (Å²) in [7, 11) is -1.50. The third kappa shape index (κ3) is 3.80. The second kappa shape index (κ2) is 5.51. The van der Waals surface area contributed by atoms with E-state index in [0.717, 1.165) is 19.4 Å². The number of hydrogen-bond donors (Lipinski definition) is 1. The Kier molecular flexibility index (Phi) is 5.37. The first-order valence-corrected chi connectivity index (χ1v) is 8.78. The first kappa shape index (κ1) is 13.6. The van der Waals surface area contributed by atoms with Gasteiger partial charge < -0.3 is 9.67 Å². The van der Waals surface area contributed by atoms with Crippen molar-refractivity contribution in [2.45, 2.75) is 52.4 Å². The maximum absolute atomic E-state index is 11.1. The highest BCUT2D eigenvalue weighted by Crippen LogP contribution is 2.17. The number of carboxylic acids is 1. The van der Waals surface area contributed by atoms with Crippen molar-refractivity contribution in [2.75, 3.05) is 6.54 Å². The van der Waals surface area contributed by atoms with Gasteiger partial charge in [0.25, 0.3) is 0 Å². The molecule has 3 nitrogen and oxygen atoms in total. The highest BCUT2D eigenvalue weighted by Gasteiger charge is 2.32. The molecular formula is C10H23NO2Si. The molecule has 0 bridgehead atoms. The number of rotatable bonds is 6. The van der Waals surface area contributed by atoms with Gasteiger partial charge in [-0.3, -0.25) is 4.79 Å². The van der Waals surface area contributed by atoms with E-state index in [1.165, 1.54) is 0 Å². The molecule has 0 fully saturated rings. The van der Waals surface area contributed by atoms with Crippen molar-refractivity contribution in [1.82, 2.24) is 4.57 Å². The lowest BCUT2D eigenvalue weighted by Gasteiger charge is -2.37. The van der Waals surface area contributed by atoms with E-state index < -0.39 is 14.2 Å². The fraction of sp³-hybridized carbons (Fsp3) is 0.900. The standard InChI is InChI=1S/C10H23NO2Si/c1-6-8-9(10(12)13)11(7-2)14(3,4)5/h9H,6-8H2,1-5H3,(H,12,13). The van der Waals surface area contributed by atoms with E-state index in [-0.39, 0.29) is 6.04 Å². The summed E-state index contributed by atoms with van der Waals surface area (Å²) < 4.78 is 2.18. The van der Waals surface area contributed by atoms with Gasteiger partial charge in [0.1, 0.15) is 14.3 Å². The van der Waals surface area contributed by atoms with Crippen molar-refractivity contribution in [1.29, 1.82) is 0 Å². The van der Waals surface area contributed by atoms with Gasteiger partial charge in [-0.15, -0.1) is 0 Å². The number of carbonyl (C=O) groups is 1. The van der Waals surface area contributed by atoms with Gasteiger partial charge in [-0.1, -0.05) is 39.9 Å². The normalized spacial score (nSPS) is 14.4. The molecule has 0 aliphatic rings. The van der Waals surface area contributed by atoms with E-state index >= 15 is 0 Å². The fourth-order valence-electron chi connectivity index (χ4n) is 1.85. The quantitative estimate of drug-likeness (QED) is 0.695. The number of hydrogen-bond acceptors (Lipinski definition) is 2. The molecule has 0 spiro atoms. The van der Waals surface area contributed by atoms with Crippen LogP contribution in [0.2, 0.25) is 19.6 Å². The summed E-state index contributed by atoms with van der Waals surface area (Å²) in [6, 6.07) is -0.281. The van der Waals surface area contributed by atoms with Crippen LogP contribution >= 0.6 is 0 Å². The third-order valence-electron chi connectivity index (χ3n) is 2.43. The number of carboxylic acid groups (broad SMARTS) is 1. The molecule has 0 heterocycles. The summed E-state index contributed by atoms with van der Waals surface area (Å²) in [4.78, 5) is 11.1.